The molecular weight excluding hydrogens is 434 g/mol. The molecule has 2 N–H and O–H groups in total. The van der Waals surface area contributed by atoms with Crippen LogP contribution in [0.2, 0.25) is 5.02 Å². The van der Waals surface area contributed by atoms with Gasteiger partial charge in [-0.3, -0.25) is 10.1 Å². The molecule has 0 unspecified atom stereocenters. The number of anilines is 2. The number of amides is 1. The zero-order valence-corrected chi connectivity index (χ0v) is 19.0. The van der Waals surface area contributed by atoms with Gasteiger partial charge in [0.2, 0.25) is 5.95 Å². The maximum absolute atomic E-state index is 12.7. The molecule has 7 heteroatoms. The third kappa shape index (κ3) is 4.38. The van der Waals surface area contributed by atoms with E-state index < -0.39 is 0 Å². The summed E-state index contributed by atoms with van der Waals surface area (Å²) in [6.45, 7) is 4.01. The zero-order chi connectivity index (χ0) is 22.9. The number of aryl methyl sites for hydroxylation is 2. The molecule has 1 aliphatic heterocycles. The van der Waals surface area contributed by atoms with E-state index in [0.29, 0.717) is 16.5 Å². The minimum atomic E-state index is -0.253. The predicted molar refractivity (Wildman–Crippen MR) is 132 cm³/mol. The highest BCUT2D eigenvalue weighted by atomic mass is 35.5. The van der Waals surface area contributed by atoms with E-state index in [2.05, 4.69) is 58.0 Å². The van der Waals surface area contributed by atoms with Gasteiger partial charge in [0.05, 0.1) is 0 Å². The van der Waals surface area contributed by atoms with E-state index in [-0.39, 0.29) is 17.9 Å². The molecule has 3 aromatic carbocycles. The molecule has 0 bridgehead atoms. The van der Waals surface area contributed by atoms with Crippen LogP contribution in [0.25, 0.3) is 5.70 Å². The van der Waals surface area contributed by atoms with E-state index >= 15 is 0 Å². The molecule has 0 fully saturated rings. The first-order valence-electron chi connectivity index (χ1n) is 10.6. The molecule has 0 aliphatic carbocycles. The van der Waals surface area contributed by atoms with E-state index in [1.165, 1.54) is 5.56 Å². The number of carbonyl (C=O) groups is 1. The molecular formula is C26H22ClN5O. The second kappa shape index (κ2) is 8.56. The van der Waals surface area contributed by atoms with Gasteiger partial charge in [0.15, 0.2) is 0 Å². The highest BCUT2D eigenvalue weighted by Crippen LogP contribution is 2.33. The van der Waals surface area contributed by atoms with Crippen LogP contribution in [0.5, 0.6) is 0 Å². The first-order valence-corrected chi connectivity index (χ1v) is 11.0. The summed E-state index contributed by atoms with van der Waals surface area (Å²) in [7, 11) is 0. The number of allylic oxidation sites excluding steroid dienone is 1. The number of benzene rings is 3. The van der Waals surface area contributed by atoms with Crippen LogP contribution in [0.1, 0.15) is 38.7 Å². The summed E-state index contributed by atoms with van der Waals surface area (Å²) in [5.74, 6) is 0.533. The molecule has 5 rings (SSSR count). The molecule has 33 heavy (non-hydrogen) atoms. The predicted octanol–water partition coefficient (Wildman–Crippen LogP) is 5.86. The Bertz CT molecular complexity index is 1360. The van der Waals surface area contributed by atoms with E-state index in [1.807, 2.05) is 49.4 Å². The number of aromatic nitrogens is 3. The van der Waals surface area contributed by atoms with Crippen LogP contribution in [0, 0.1) is 13.8 Å². The number of hydrogen-bond donors (Lipinski definition) is 2. The van der Waals surface area contributed by atoms with E-state index in [9.17, 15) is 4.79 Å². The first-order chi connectivity index (χ1) is 16.0. The number of carbonyl (C=O) groups excluding carboxylic acids is 1. The van der Waals surface area contributed by atoms with E-state index in [4.69, 9.17) is 11.6 Å². The Morgan fingerprint density at radius 2 is 1.76 bits per heavy atom. The summed E-state index contributed by atoms with van der Waals surface area (Å²) in [4.78, 5) is 17.3. The van der Waals surface area contributed by atoms with Crippen LogP contribution >= 0.6 is 11.6 Å². The van der Waals surface area contributed by atoms with Crippen molar-refractivity contribution in [1.29, 1.82) is 0 Å². The van der Waals surface area contributed by atoms with E-state index in [0.717, 1.165) is 22.4 Å². The molecule has 164 valence electrons. The summed E-state index contributed by atoms with van der Waals surface area (Å²) in [6, 6.07) is 23.1. The second-order valence-corrected chi connectivity index (χ2v) is 8.53. The maximum atomic E-state index is 12.7. The molecule has 1 aliphatic rings. The first kappa shape index (κ1) is 21.0. The van der Waals surface area contributed by atoms with Crippen LogP contribution in [0.4, 0.5) is 11.9 Å². The average molecular weight is 456 g/mol. The van der Waals surface area contributed by atoms with Gasteiger partial charge in [-0.15, -0.1) is 5.10 Å². The second-order valence-electron chi connectivity index (χ2n) is 8.09. The lowest BCUT2D eigenvalue weighted by atomic mass is 10.0. The van der Waals surface area contributed by atoms with Crippen LogP contribution in [-0.2, 0) is 0 Å². The quantitative estimate of drug-likeness (QED) is 0.404. The highest BCUT2D eigenvalue weighted by molar-refractivity contribution is 6.30. The third-order valence-corrected chi connectivity index (χ3v) is 5.80. The van der Waals surface area contributed by atoms with Crippen LogP contribution in [0.15, 0.2) is 78.9 Å². The summed E-state index contributed by atoms with van der Waals surface area (Å²) < 4.78 is 1.77. The summed E-state index contributed by atoms with van der Waals surface area (Å²) in [6.07, 6.45) is 2.10. The molecule has 1 aromatic heterocycles. The minimum Gasteiger partial charge on any atom is -0.324 e. The minimum absolute atomic E-state index is 0.216. The number of hydrogen-bond acceptors (Lipinski definition) is 4. The lowest BCUT2D eigenvalue weighted by Gasteiger charge is -2.24. The zero-order valence-electron chi connectivity index (χ0n) is 18.2. The lowest BCUT2D eigenvalue weighted by molar-refractivity contribution is 0.102. The van der Waals surface area contributed by atoms with Gasteiger partial charge >= 0.3 is 0 Å². The largest absolute Gasteiger partial charge is 0.324 e. The van der Waals surface area contributed by atoms with Crippen molar-refractivity contribution in [2.24, 2.45) is 0 Å². The molecule has 0 spiro atoms. The van der Waals surface area contributed by atoms with Crippen molar-refractivity contribution < 1.29 is 4.79 Å². The van der Waals surface area contributed by atoms with Gasteiger partial charge in [-0.1, -0.05) is 71.3 Å². The molecule has 0 saturated heterocycles. The third-order valence-electron chi connectivity index (χ3n) is 5.55. The van der Waals surface area contributed by atoms with Crippen molar-refractivity contribution in [1.82, 2.24) is 14.8 Å². The van der Waals surface area contributed by atoms with Crippen molar-refractivity contribution in [3.8, 4) is 0 Å². The van der Waals surface area contributed by atoms with Crippen molar-refractivity contribution in [3.05, 3.63) is 112 Å². The van der Waals surface area contributed by atoms with Crippen molar-refractivity contribution in [2.45, 2.75) is 19.9 Å². The van der Waals surface area contributed by atoms with Crippen LogP contribution < -0.4 is 10.6 Å². The smallest absolute Gasteiger partial charge is 0.258 e. The molecule has 6 nitrogen and oxygen atoms in total. The molecule has 0 radical (unpaired) electrons. The van der Waals surface area contributed by atoms with Gasteiger partial charge in [-0.05, 0) is 55.3 Å². The van der Waals surface area contributed by atoms with Gasteiger partial charge in [-0.2, -0.15) is 4.98 Å². The molecule has 0 saturated carbocycles. The Balaban J connectivity index is 1.51. The number of rotatable bonds is 4. The lowest BCUT2D eigenvalue weighted by Crippen LogP contribution is -2.20. The van der Waals surface area contributed by atoms with Crippen molar-refractivity contribution in [2.75, 3.05) is 10.6 Å². The number of nitrogens with one attached hydrogen (secondary N) is 2. The number of halogens is 1. The van der Waals surface area contributed by atoms with Gasteiger partial charge in [0.25, 0.3) is 11.9 Å². The fraction of sp³-hybridized carbons (Fsp3) is 0.115. The monoisotopic (exact) mass is 455 g/mol. The van der Waals surface area contributed by atoms with Crippen molar-refractivity contribution in [3.63, 3.8) is 0 Å². The van der Waals surface area contributed by atoms with Crippen LogP contribution in [-0.4, -0.2) is 20.7 Å². The highest BCUT2D eigenvalue weighted by Gasteiger charge is 2.26. The van der Waals surface area contributed by atoms with Gasteiger partial charge in [0.1, 0.15) is 6.04 Å². The van der Waals surface area contributed by atoms with E-state index in [1.54, 1.807) is 10.7 Å². The number of nitrogens with zero attached hydrogens (tertiary/aromatic N) is 3. The molecule has 4 aromatic rings. The van der Waals surface area contributed by atoms with Crippen molar-refractivity contribution >= 4 is 35.1 Å². The number of fused-ring (bicyclic) bond motifs is 1. The standard InChI is InChI=1S/C26H22ClN5O/c1-16-6-8-18(9-7-16)22-15-23(19-10-12-21(27)13-11-19)32-26(28-22)30-25(31-32)29-24(33)20-5-3-4-17(2)14-20/h3-15,23H,1-2H3,(H2,28,29,30,31,33)/t23-/m1/s1. The fourth-order valence-electron chi connectivity index (χ4n) is 3.80. The SMILES string of the molecule is Cc1ccc(C2=C[C@H](c3ccc(Cl)cc3)n3nc(NC(=O)c4cccc(C)c4)nc3N2)cc1. The van der Waals surface area contributed by atoms with Gasteiger partial charge in [0, 0.05) is 16.3 Å². The normalized spacial score (nSPS) is 14.8. The molecule has 2 heterocycles. The average Bonchev–Trinajstić information content (AvgIpc) is 3.22. The van der Waals surface area contributed by atoms with Gasteiger partial charge in [-0.25, -0.2) is 4.68 Å². The fourth-order valence-corrected chi connectivity index (χ4v) is 3.93. The topological polar surface area (TPSA) is 71.8 Å². The summed E-state index contributed by atoms with van der Waals surface area (Å²) in [5, 5.41) is 11.4. The maximum Gasteiger partial charge on any atom is 0.258 e. The molecule has 1 atom stereocenters. The summed E-state index contributed by atoms with van der Waals surface area (Å²) >= 11 is 6.11. The van der Waals surface area contributed by atoms with Crippen LogP contribution in [0.3, 0.4) is 0 Å². The Hall–Kier alpha value is -3.90. The molecule has 1 amide bonds. The van der Waals surface area contributed by atoms with Gasteiger partial charge < -0.3 is 5.32 Å². The Morgan fingerprint density at radius 1 is 1.00 bits per heavy atom. The Labute approximate surface area is 196 Å². The summed E-state index contributed by atoms with van der Waals surface area (Å²) in [5.41, 5.74) is 5.73. The Kier molecular flexibility index (Phi) is 5.44. The Morgan fingerprint density at radius 3 is 2.48 bits per heavy atom.